The highest BCUT2D eigenvalue weighted by Gasteiger charge is 2.37. The molecule has 3 atom stereocenters. The van der Waals surface area contributed by atoms with Crippen LogP contribution < -0.4 is 11.1 Å². The summed E-state index contributed by atoms with van der Waals surface area (Å²) in [5, 5.41) is 2.95. The van der Waals surface area contributed by atoms with Gasteiger partial charge in [-0.25, -0.2) is 4.79 Å². The van der Waals surface area contributed by atoms with E-state index in [4.69, 9.17) is 5.73 Å². The maximum Gasteiger partial charge on any atom is 0.317 e. The molecule has 24 heavy (non-hydrogen) atoms. The van der Waals surface area contributed by atoms with Crippen LogP contribution in [0.5, 0.6) is 0 Å². The first kappa shape index (κ1) is 21.0. The molecule has 2 aliphatic rings. The number of urea groups is 1. The number of amides is 3. The van der Waals surface area contributed by atoms with Crippen molar-refractivity contribution in [2.24, 2.45) is 23.5 Å². The Kier molecular flexibility index (Phi) is 8.30. The van der Waals surface area contributed by atoms with Gasteiger partial charge in [-0.2, -0.15) is 0 Å². The molecule has 2 fully saturated rings. The minimum absolute atomic E-state index is 0. The van der Waals surface area contributed by atoms with Gasteiger partial charge in [-0.15, -0.1) is 12.4 Å². The number of carbonyl (C=O) groups excluding carboxylic acids is 2. The molecule has 6 nitrogen and oxygen atoms in total. The minimum Gasteiger partial charge on any atom is -0.339 e. The van der Waals surface area contributed by atoms with Crippen molar-refractivity contribution in [3.05, 3.63) is 0 Å². The van der Waals surface area contributed by atoms with E-state index < -0.39 is 0 Å². The van der Waals surface area contributed by atoms with E-state index in [9.17, 15) is 9.59 Å². The number of piperidine rings is 1. The summed E-state index contributed by atoms with van der Waals surface area (Å²) >= 11 is 0. The minimum atomic E-state index is -0.0625. The Morgan fingerprint density at radius 2 is 2.00 bits per heavy atom. The van der Waals surface area contributed by atoms with E-state index in [2.05, 4.69) is 26.1 Å². The molecule has 140 valence electrons. The third-order valence-electron chi connectivity index (χ3n) is 5.00. The van der Waals surface area contributed by atoms with Crippen molar-refractivity contribution in [2.45, 2.75) is 46.1 Å². The molecule has 0 spiro atoms. The quantitative estimate of drug-likeness (QED) is 0.800. The van der Waals surface area contributed by atoms with Crippen molar-refractivity contribution in [1.82, 2.24) is 15.1 Å². The topological polar surface area (TPSA) is 78.7 Å². The zero-order valence-corrected chi connectivity index (χ0v) is 16.0. The molecule has 0 aromatic rings. The lowest BCUT2D eigenvalue weighted by Crippen LogP contribution is -2.50. The molecule has 3 amide bonds. The summed E-state index contributed by atoms with van der Waals surface area (Å²) in [6.07, 6.45) is 2.77. The van der Waals surface area contributed by atoms with Crippen LogP contribution in [0.25, 0.3) is 0 Å². The van der Waals surface area contributed by atoms with Gasteiger partial charge >= 0.3 is 6.03 Å². The number of nitrogens with two attached hydrogens (primary N) is 1. The molecule has 0 aromatic heterocycles. The third kappa shape index (κ3) is 5.24. The van der Waals surface area contributed by atoms with Gasteiger partial charge in [0.05, 0.1) is 5.92 Å². The van der Waals surface area contributed by atoms with E-state index in [1.165, 1.54) is 0 Å². The van der Waals surface area contributed by atoms with Crippen molar-refractivity contribution in [3.8, 4) is 0 Å². The van der Waals surface area contributed by atoms with Crippen LogP contribution in [0.4, 0.5) is 4.79 Å². The van der Waals surface area contributed by atoms with Crippen LogP contribution in [0.3, 0.4) is 0 Å². The van der Waals surface area contributed by atoms with Crippen molar-refractivity contribution < 1.29 is 9.59 Å². The summed E-state index contributed by atoms with van der Waals surface area (Å²) < 4.78 is 0. The predicted octanol–water partition coefficient (Wildman–Crippen LogP) is 1.68. The number of nitrogens with one attached hydrogen (secondary N) is 1. The van der Waals surface area contributed by atoms with Crippen LogP contribution >= 0.6 is 12.4 Å². The van der Waals surface area contributed by atoms with Crippen LogP contribution in [0.1, 0.15) is 40.0 Å². The molecule has 0 bridgehead atoms. The molecule has 0 saturated carbocycles. The normalized spacial score (nSPS) is 27.1. The Bertz CT molecular complexity index is 433. The van der Waals surface area contributed by atoms with Crippen LogP contribution in [0, 0.1) is 17.8 Å². The lowest BCUT2D eigenvalue weighted by molar-refractivity contribution is -0.137. The summed E-state index contributed by atoms with van der Waals surface area (Å²) in [6.45, 7) is 9.62. The van der Waals surface area contributed by atoms with E-state index in [-0.39, 0.29) is 36.3 Å². The lowest BCUT2D eigenvalue weighted by Gasteiger charge is -2.35. The van der Waals surface area contributed by atoms with Crippen LogP contribution in [0.2, 0.25) is 0 Å². The average Bonchev–Trinajstić information content (AvgIpc) is 2.93. The molecular formula is C17H33ClN4O2. The molecule has 2 saturated heterocycles. The third-order valence-corrected chi connectivity index (χ3v) is 5.00. The van der Waals surface area contributed by atoms with E-state index in [0.29, 0.717) is 31.5 Å². The Labute approximate surface area is 151 Å². The molecule has 3 unspecified atom stereocenters. The maximum atomic E-state index is 12.8. The highest BCUT2D eigenvalue weighted by atomic mass is 35.5. The van der Waals surface area contributed by atoms with Gasteiger partial charge in [0.25, 0.3) is 0 Å². The first-order valence-electron chi connectivity index (χ1n) is 8.95. The van der Waals surface area contributed by atoms with Crippen LogP contribution in [0.15, 0.2) is 0 Å². The number of halogens is 1. The summed E-state index contributed by atoms with van der Waals surface area (Å²) in [5.74, 6) is 0.991. The van der Waals surface area contributed by atoms with Gasteiger partial charge < -0.3 is 20.9 Å². The zero-order chi connectivity index (χ0) is 17.0. The molecule has 2 heterocycles. The number of nitrogens with zero attached hydrogens (tertiary/aromatic N) is 2. The summed E-state index contributed by atoms with van der Waals surface area (Å²) in [5.41, 5.74) is 5.76. The maximum absolute atomic E-state index is 12.8. The highest BCUT2D eigenvalue weighted by Crippen LogP contribution is 2.27. The summed E-state index contributed by atoms with van der Waals surface area (Å²) in [6, 6.07) is 0.228. The summed E-state index contributed by atoms with van der Waals surface area (Å²) in [7, 11) is 0. The first-order valence-corrected chi connectivity index (χ1v) is 8.95. The molecular weight excluding hydrogens is 328 g/mol. The second-order valence-corrected chi connectivity index (χ2v) is 7.54. The predicted molar refractivity (Wildman–Crippen MR) is 98.1 cm³/mol. The van der Waals surface area contributed by atoms with E-state index in [1.807, 2.05) is 4.90 Å². The lowest BCUT2D eigenvalue weighted by atomic mass is 9.96. The molecule has 7 heteroatoms. The zero-order valence-electron chi connectivity index (χ0n) is 15.2. The second-order valence-electron chi connectivity index (χ2n) is 7.54. The molecule has 2 aliphatic heterocycles. The monoisotopic (exact) mass is 360 g/mol. The Morgan fingerprint density at radius 1 is 1.29 bits per heavy atom. The van der Waals surface area contributed by atoms with Gasteiger partial charge in [-0.05, 0) is 44.6 Å². The van der Waals surface area contributed by atoms with Crippen molar-refractivity contribution in [1.29, 1.82) is 0 Å². The van der Waals surface area contributed by atoms with Crippen molar-refractivity contribution >= 4 is 24.3 Å². The van der Waals surface area contributed by atoms with Gasteiger partial charge in [0.15, 0.2) is 0 Å². The fourth-order valence-electron chi connectivity index (χ4n) is 3.62. The molecule has 3 N–H and O–H groups in total. The highest BCUT2D eigenvalue weighted by molar-refractivity contribution is 5.85. The Morgan fingerprint density at radius 3 is 2.58 bits per heavy atom. The number of hydrogen-bond acceptors (Lipinski definition) is 3. The van der Waals surface area contributed by atoms with E-state index >= 15 is 0 Å². The van der Waals surface area contributed by atoms with Crippen LogP contribution in [-0.4, -0.2) is 60.5 Å². The smallest absolute Gasteiger partial charge is 0.317 e. The number of hydrogen-bond donors (Lipinski definition) is 2. The van der Waals surface area contributed by atoms with Gasteiger partial charge in [-0.1, -0.05) is 13.8 Å². The van der Waals surface area contributed by atoms with Gasteiger partial charge in [0.1, 0.15) is 0 Å². The van der Waals surface area contributed by atoms with Gasteiger partial charge in [-0.3, -0.25) is 4.79 Å². The fourth-order valence-corrected chi connectivity index (χ4v) is 3.62. The van der Waals surface area contributed by atoms with E-state index in [0.717, 1.165) is 32.4 Å². The molecule has 0 radical (unpaired) electrons. The van der Waals surface area contributed by atoms with Crippen molar-refractivity contribution in [3.63, 3.8) is 0 Å². The number of rotatable bonds is 4. The Hall–Kier alpha value is -1.01. The summed E-state index contributed by atoms with van der Waals surface area (Å²) in [4.78, 5) is 28.8. The van der Waals surface area contributed by atoms with Gasteiger partial charge in [0, 0.05) is 32.2 Å². The van der Waals surface area contributed by atoms with E-state index in [1.54, 1.807) is 4.90 Å². The second kappa shape index (κ2) is 9.47. The van der Waals surface area contributed by atoms with Crippen molar-refractivity contribution in [2.75, 3.05) is 32.7 Å². The standard InChI is InChI=1S/C17H32N4O2.ClH/c1-12(2)9-19-17(23)20-6-4-5-15(11-20)16(22)21-10-14(8-18)7-13(21)3;/h12-15H,4-11,18H2,1-3H3,(H,19,23);1H. The van der Waals surface area contributed by atoms with Gasteiger partial charge in [0.2, 0.25) is 5.91 Å². The molecule has 0 aromatic carbocycles. The average molecular weight is 361 g/mol. The Balaban J connectivity index is 0.00000288. The SMILES string of the molecule is CC(C)CNC(=O)N1CCCC(C(=O)N2CC(CN)CC2C)C1.Cl. The first-order chi connectivity index (χ1) is 10.9. The molecule has 0 aliphatic carbocycles. The fraction of sp³-hybridized carbons (Fsp3) is 0.882. The molecule has 2 rings (SSSR count). The number of carbonyl (C=O) groups is 2. The largest absolute Gasteiger partial charge is 0.339 e. The van der Waals surface area contributed by atoms with Crippen LogP contribution in [-0.2, 0) is 4.79 Å². The number of likely N-dealkylation sites (tertiary alicyclic amines) is 2.